The van der Waals surface area contributed by atoms with Crippen molar-refractivity contribution in [2.75, 3.05) is 0 Å². The van der Waals surface area contributed by atoms with Crippen molar-refractivity contribution < 1.29 is 4.42 Å². The van der Waals surface area contributed by atoms with Crippen LogP contribution in [0.1, 0.15) is 17.5 Å². The Morgan fingerprint density at radius 3 is 2.00 bits per heavy atom. The second-order valence-electron chi connectivity index (χ2n) is 11.5. The first-order chi connectivity index (χ1) is 22.3. The highest BCUT2D eigenvalue weighted by molar-refractivity contribution is 6.13. The van der Waals surface area contributed by atoms with E-state index in [0.29, 0.717) is 17.5 Å². The molecule has 0 radical (unpaired) electrons. The summed E-state index contributed by atoms with van der Waals surface area (Å²) in [5.41, 5.74) is 9.27. The van der Waals surface area contributed by atoms with Crippen molar-refractivity contribution in [2.24, 2.45) is 0 Å². The van der Waals surface area contributed by atoms with Crippen molar-refractivity contribution in [3.05, 3.63) is 145 Å². The molecule has 0 amide bonds. The summed E-state index contributed by atoms with van der Waals surface area (Å²) in [5.74, 6) is 1.96. The van der Waals surface area contributed by atoms with Gasteiger partial charge in [-0.3, -0.25) is 0 Å². The Morgan fingerprint density at radius 2 is 1.18 bits per heavy atom. The van der Waals surface area contributed by atoms with Crippen LogP contribution in [0.3, 0.4) is 0 Å². The van der Waals surface area contributed by atoms with Crippen LogP contribution in [0.25, 0.3) is 84.1 Å². The van der Waals surface area contributed by atoms with Crippen molar-refractivity contribution in [3.8, 4) is 45.3 Å². The van der Waals surface area contributed by atoms with Gasteiger partial charge in [0.25, 0.3) is 0 Å². The Morgan fingerprint density at radius 1 is 0.511 bits per heavy atom. The number of fused-ring (bicyclic) bond motifs is 6. The molecule has 8 aromatic rings. The van der Waals surface area contributed by atoms with Crippen LogP contribution >= 0.6 is 0 Å². The van der Waals surface area contributed by atoms with Crippen LogP contribution < -0.4 is 0 Å². The van der Waals surface area contributed by atoms with E-state index in [1.54, 1.807) is 0 Å². The SMILES string of the molecule is C1=Cc2c(c(-c3nc(-c4ccccc4)nc(-c4cc(-c5ccccc5)cc5oc6ccccc6c45)n3)cc3ccccc23)CC1. The highest BCUT2D eigenvalue weighted by Gasteiger charge is 2.22. The normalized spacial score (nSPS) is 12.6. The molecule has 0 saturated carbocycles. The molecule has 6 aromatic carbocycles. The first-order valence-corrected chi connectivity index (χ1v) is 15.3. The van der Waals surface area contributed by atoms with Crippen molar-refractivity contribution in [2.45, 2.75) is 12.8 Å². The number of benzene rings is 6. The zero-order chi connectivity index (χ0) is 29.7. The summed E-state index contributed by atoms with van der Waals surface area (Å²) in [6.07, 6.45) is 6.45. The zero-order valence-electron chi connectivity index (χ0n) is 24.4. The van der Waals surface area contributed by atoms with Gasteiger partial charge in [0.15, 0.2) is 17.5 Å². The van der Waals surface area contributed by atoms with Crippen molar-refractivity contribution in [1.82, 2.24) is 15.0 Å². The average Bonchev–Trinajstić information content (AvgIpc) is 3.50. The predicted octanol–water partition coefficient (Wildman–Crippen LogP) is 10.6. The van der Waals surface area contributed by atoms with Gasteiger partial charge in [-0.15, -0.1) is 0 Å². The maximum atomic E-state index is 6.45. The third kappa shape index (κ3) is 4.34. The van der Waals surface area contributed by atoms with Gasteiger partial charge in [-0.25, -0.2) is 15.0 Å². The van der Waals surface area contributed by atoms with Crippen LogP contribution in [-0.2, 0) is 6.42 Å². The summed E-state index contributed by atoms with van der Waals surface area (Å²) in [6.45, 7) is 0. The molecule has 0 aliphatic heterocycles. The third-order valence-electron chi connectivity index (χ3n) is 8.78. The summed E-state index contributed by atoms with van der Waals surface area (Å²) < 4.78 is 6.45. The van der Waals surface area contributed by atoms with Crippen LogP contribution in [-0.4, -0.2) is 15.0 Å². The van der Waals surface area contributed by atoms with E-state index >= 15 is 0 Å². The number of furan rings is 1. The number of para-hydroxylation sites is 1. The van der Waals surface area contributed by atoms with Crippen LogP contribution in [0.15, 0.2) is 138 Å². The molecule has 0 atom stereocenters. The van der Waals surface area contributed by atoms with E-state index in [9.17, 15) is 0 Å². The van der Waals surface area contributed by atoms with Crippen molar-refractivity contribution >= 4 is 38.8 Å². The summed E-state index contributed by atoms with van der Waals surface area (Å²) in [6, 6.07) is 43.9. The van der Waals surface area contributed by atoms with Gasteiger partial charge in [0.1, 0.15) is 11.2 Å². The fraction of sp³-hybridized carbons (Fsp3) is 0.0488. The Labute approximate surface area is 260 Å². The molecule has 1 aliphatic rings. The molecular weight excluding hydrogens is 550 g/mol. The van der Waals surface area contributed by atoms with Crippen LogP contribution in [0.2, 0.25) is 0 Å². The molecule has 2 aromatic heterocycles. The predicted molar refractivity (Wildman–Crippen MR) is 184 cm³/mol. The van der Waals surface area contributed by atoms with Crippen LogP contribution in [0.5, 0.6) is 0 Å². The minimum atomic E-state index is 0.626. The molecule has 1 aliphatic carbocycles. The average molecular weight is 578 g/mol. The molecule has 0 saturated heterocycles. The number of aromatic nitrogens is 3. The quantitative estimate of drug-likeness (QED) is 0.209. The molecule has 0 unspecified atom stereocenters. The molecular formula is C41H27N3O. The smallest absolute Gasteiger partial charge is 0.164 e. The molecule has 0 spiro atoms. The minimum absolute atomic E-state index is 0.626. The first-order valence-electron chi connectivity index (χ1n) is 15.3. The van der Waals surface area contributed by atoms with Crippen molar-refractivity contribution in [3.63, 3.8) is 0 Å². The number of allylic oxidation sites excluding steroid dienone is 1. The lowest BCUT2D eigenvalue weighted by atomic mass is 9.88. The van der Waals surface area contributed by atoms with Gasteiger partial charge in [-0.1, -0.05) is 115 Å². The zero-order valence-corrected chi connectivity index (χ0v) is 24.4. The van der Waals surface area contributed by atoms with Gasteiger partial charge in [-0.2, -0.15) is 0 Å². The number of hydrogen-bond donors (Lipinski definition) is 0. The minimum Gasteiger partial charge on any atom is -0.456 e. The fourth-order valence-electron chi connectivity index (χ4n) is 6.67. The van der Waals surface area contributed by atoms with Crippen LogP contribution in [0.4, 0.5) is 0 Å². The third-order valence-corrected chi connectivity index (χ3v) is 8.78. The summed E-state index contributed by atoms with van der Waals surface area (Å²) in [4.78, 5) is 15.6. The van der Waals surface area contributed by atoms with Gasteiger partial charge < -0.3 is 4.42 Å². The molecule has 4 heteroatoms. The second kappa shape index (κ2) is 10.4. The van der Waals surface area contributed by atoms with Gasteiger partial charge in [-0.05, 0) is 70.1 Å². The first kappa shape index (κ1) is 25.6. The molecule has 9 rings (SSSR count). The summed E-state index contributed by atoms with van der Waals surface area (Å²) >= 11 is 0. The number of rotatable bonds is 4. The maximum Gasteiger partial charge on any atom is 0.164 e. The molecule has 4 nitrogen and oxygen atoms in total. The van der Waals surface area contributed by atoms with Gasteiger partial charge in [0.2, 0.25) is 0 Å². The Bertz CT molecular complexity index is 2420. The van der Waals surface area contributed by atoms with E-state index in [1.165, 1.54) is 21.9 Å². The van der Waals surface area contributed by atoms with E-state index in [2.05, 4.69) is 103 Å². The van der Waals surface area contributed by atoms with E-state index in [4.69, 9.17) is 19.4 Å². The lowest BCUT2D eigenvalue weighted by Crippen LogP contribution is -2.05. The van der Waals surface area contributed by atoms with Gasteiger partial charge >= 0.3 is 0 Å². The van der Waals surface area contributed by atoms with E-state index in [0.717, 1.165) is 62.6 Å². The van der Waals surface area contributed by atoms with Crippen molar-refractivity contribution in [1.29, 1.82) is 0 Å². The molecule has 212 valence electrons. The molecule has 0 N–H and O–H groups in total. The van der Waals surface area contributed by atoms with Gasteiger partial charge in [0.05, 0.1) is 0 Å². The highest BCUT2D eigenvalue weighted by Crippen LogP contribution is 2.41. The standard InChI is InChI=1S/C41H27N3O/c1-3-13-26(14-4-1)29-24-35(38-33-21-11-12-22-36(33)45-37(38)25-29)41-43-39(27-15-5-2-6-16-27)42-40(44-41)34-23-28-17-7-8-18-30(28)31-19-9-10-20-32(31)34/h1-9,11-19,21-25H,10,20H2. The lowest BCUT2D eigenvalue weighted by molar-refractivity contribution is 0.669. The molecule has 45 heavy (non-hydrogen) atoms. The highest BCUT2D eigenvalue weighted by atomic mass is 16.3. The topological polar surface area (TPSA) is 51.8 Å². The molecule has 0 bridgehead atoms. The summed E-state index contributed by atoms with van der Waals surface area (Å²) in [5, 5.41) is 4.48. The lowest BCUT2D eigenvalue weighted by Gasteiger charge is -2.19. The van der Waals surface area contributed by atoms with E-state index in [1.807, 2.05) is 36.4 Å². The molecule has 2 heterocycles. The number of nitrogens with zero attached hydrogens (tertiary/aromatic N) is 3. The Kier molecular flexibility index (Phi) is 5.91. The van der Waals surface area contributed by atoms with Gasteiger partial charge in [0, 0.05) is 27.5 Å². The second-order valence-corrected chi connectivity index (χ2v) is 11.5. The monoisotopic (exact) mass is 577 g/mol. The number of hydrogen-bond acceptors (Lipinski definition) is 4. The van der Waals surface area contributed by atoms with Crippen LogP contribution in [0, 0.1) is 0 Å². The maximum absolute atomic E-state index is 6.45. The molecule has 0 fully saturated rings. The summed E-state index contributed by atoms with van der Waals surface area (Å²) in [7, 11) is 0. The Balaban J connectivity index is 1.37. The van der Waals surface area contributed by atoms with E-state index in [-0.39, 0.29) is 0 Å². The largest absolute Gasteiger partial charge is 0.456 e. The fourth-order valence-corrected chi connectivity index (χ4v) is 6.67. The Hall–Kier alpha value is -5.87. The van der Waals surface area contributed by atoms with E-state index < -0.39 is 0 Å².